The second-order valence-electron chi connectivity index (χ2n) is 7.86. The molecule has 1 aromatic carbocycles. The van der Waals surface area contributed by atoms with Gasteiger partial charge in [-0.2, -0.15) is 5.26 Å². The van der Waals surface area contributed by atoms with Gasteiger partial charge < -0.3 is 4.74 Å². The number of carbonyl (C=O) groups is 1. The lowest BCUT2D eigenvalue weighted by molar-refractivity contribution is 0.0000745. The Kier molecular flexibility index (Phi) is 4.74. The van der Waals surface area contributed by atoms with Crippen molar-refractivity contribution < 1.29 is 18.3 Å². The summed E-state index contributed by atoms with van der Waals surface area (Å²) in [7, 11) is 0. The second-order valence-corrected chi connectivity index (χ2v) is 7.86. The number of carbonyl (C=O) groups excluding carboxylic acids is 1. The minimum absolute atomic E-state index is 0.0956. The Hall–Kier alpha value is -2.42. The normalized spacial score (nSPS) is 22.5. The highest BCUT2D eigenvalue weighted by molar-refractivity contribution is 5.75. The maximum Gasteiger partial charge on any atom is 0.411 e. The number of ether oxygens (including phenoxy) is 1. The largest absolute Gasteiger partial charge is 0.444 e. The van der Waals surface area contributed by atoms with Crippen LogP contribution in [0.4, 0.5) is 13.6 Å². The molecule has 0 radical (unpaired) electrons. The molecule has 6 heteroatoms. The van der Waals surface area contributed by atoms with Crippen LogP contribution in [0.5, 0.6) is 0 Å². The molecule has 0 saturated carbocycles. The lowest BCUT2D eigenvalue weighted by atomic mass is 9.83. The van der Waals surface area contributed by atoms with Crippen LogP contribution in [0.3, 0.4) is 0 Å². The smallest absolute Gasteiger partial charge is 0.411 e. The fraction of sp³-hybridized carbons (Fsp3) is 0.500. The average Bonchev–Trinajstić information content (AvgIpc) is 2.53. The quantitative estimate of drug-likeness (QED) is 0.724. The van der Waals surface area contributed by atoms with Crippen LogP contribution in [0.15, 0.2) is 18.2 Å². The number of fused-ring (bicyclic) bond motifs is 2. The molecule has 2 atom stereocenters. The maximum absolute atomic E-state index is 14.4. The zero-order valence-corrected chi connectivity index (χ0v) is 15.2. The van der Waals surface area contributed by atoms with Crippen LogP contribution in [-0.4, -0.2) is 28.7 Å². The zero-order chi connectivity index (χ0) is 19.1. The van der Waals surface area contributed by atoms with Crippen molar-refractivity contribution in [2.45, 2.75) is 64.1 Å². The first-order chi connectivity index (χ1) is 12.2. The number of hydrogen-bond acceptors (Lipinski definition) is 3. The third kappa shape index (κ3) is 3.57. The molecule has 2 aliphatic heterocycles. The summed E-state index contributed by atoms with van der Waals surface area (Å²) >= 11 is 0. The molecule has 138 valence electrons. The minimum Gasteiger partial charge on any atom is -0.444 e. The Balaban J connectivity index is 1.93. The maximum atomic E-state index is 14.4. The molecule has 26 heavy (non-hydrogen) atoms. The van der Waals surface area contributed by atoms with E-state index in [1.807, 2.05) is 26.8 Å². The summed E-state index contributed by atoms with van der Waals surface area (Å²) in [6.45, 7) is 5.46. The molecule has 1 aromatic rings. The lowest BCUT2D eigenvalue weighted by Gasteiger charge is -2.45. The van der Waals surface area contributed by atoms with Gasteiger partial charge in [-0.15, -0.1) is 0 Å². The van der Waals surface area contributed by atoms with E-state index in [1.54, 1.807) is 11.0 Å². The van der Waals surface area contributed by atoms with Crippen LogP contribution in [0.1, 0.15) is 57.6 Å². The predicted octanol–water partition coefficient (Wildman–Crippen LogP) is 4.78. The van der Waals surface area contributed by atoms with Gasteiger partial charge in [0.25, 0.3) is 0 Å². The highest BCUT2D eigenvalue weighted by Crippen LogP contribution is 2.39. The number of rotatable bonds is 1. The van der Waals surface area contributed by atoms with Crippen molar-refractivity contribution in [3.05, 3.63) is 41.0 Å². The fourth-order valence-electron chi connectivity index (χ4n) is 3.71. The Morgan fingerprint density at radius 3 is 2.62 bits per heavy atom. The van der Waals surface area contributed by atoms with E-state index < -0.39 is 17.2 Å². The highest BCUT2D eigenvalue weighted by atomic mass is 19.1. The number of hydrogen-bond donors (Lipinski definition) is 0. The van der Waals surface area contributed by atoms with Crippen LogP contribution >= 0.6 is 0 Å². The fourth-order valence-corrected chi connectivity index (χ4v) is 3.71. The van der Waals surface area contributed by atoms with Crippen LogP contribution < -0.4 is 0 Å². The molecule has 0 spiro atoms. The third-order valence-corrected chi connectivity index (χ3v) is 4.76. The molecular formula is C20H22F2N2O2. The molecule has 1 amide bonds. The molecular weight excluding hydrogens is 338 g/mol. The van der Waals surface area contributed by atoms with Crippen molar-refractivity contribution in [2.75, 3.05) is 0 Å². The Morgan fingerprint density at radius 2 is 2.00 bits per heavy atom. The first-order valence-corrected chi connectivity index (χ1v) is 8.81. The van der Waals surface area contributed by atoms with E-state index in [9.17, 15) is 13.6 Å². The van der Waals surface area contributed by atoms with Gasteiger partial charge >= 0.3 is 6.09 Å². The summed E-state index contributed by atoms with van der Waals surface area (Å²) < 4.78 is 33.9. The molecule has 1 fully saturated rings. The van der Waals surface area contributed by atoms with Crippen LogP contribution in [-0.2, 0) is 4.74 Å². The van der Waals surface area contributed by atoms with Gasteiger partial charge in [0.2, 0.25) is 0 Å². The minimum atomic E-state index is -0.732. The summed E-state index contributed by atoms with van der Waals surface area (Å²) in [5, 5.41) is 8.83. The third-order valence-electron chi connectivity index (χ3n) is 4.76. The molecule has 0 N–H and O–H groups in total. The van der Waals surface area contributed by atoms with Gasteiger partial charge in [-0.3, -0.25) is 4.90 Å². The Labute approximate surface area is 152 Å². The molecule has 0 aromatic heterocycles. The number of amides is 1. The molecule has 3 rings (SSSR count). The van der Waals surface area contributed by atoms with Crippen molar-refractivity contribution in [1.29, 1.82) is 5.26 Å². The van der Waals surface area contributed by atoms with Gasteiger partial charge in [-0.05, 0) is 64.2 Å². The van der Waals surface area contributed by atoms with Crippen molar-refractivity contribution in [3.63, 3.8) is 0 Å². The Morgan fingerprint density at radius 1 is 1.27 bits per heavy atom. The van der Waals surface area contributed by atoms with Crippen LogP contribution in [0, 0.1) is 23.0 Å². The molecule has 2 unspecified atom stereocenters. The van der Waals surface area contributed by atoms with E-state index in [0.29, 0.717) is 12.0 Å². The number of benzene rings is 1. The number of piperidine rings is 1. The zero-order valence-electron chi connectivity index (χ0n) is 15.2. The number of nitriles is 1. The van der Waals surface area contributed by atoms with Crippen LogP contribution in [0.25, 0.3) is 5.57 Å². The molecule has 2 aliphatic rings. The van der Waals surface area contributed by atoms with E-state index in [4.69, 9.17) is 10.00 Å². The summed E-state index contributed by atoms with van der Waals surface area (Å²) in [6, 6.07) is 3.37. The van der Waals surface area contributed by atoms with E-state index in [0.717, 1.165) is 31.4 Å². The number of halogens is 2. The molecule has 1 saturated heterocycles. The van der Waals surface area contributed by atoms with Crippen molar-refractivity contribution in [1.82, 2.24) is 4.90 Å². The molecule has 2 heterocycles. The highest BCUT2D eigenvalue weighted by Gasteiger charge is 2.39. The summed E-state index contributed by atoms with van der Waals surface area (Å²) in [6.07, 6.45) is 4.45. The summed E-state index contributed by atoms with van der Waals surface area (Å²) in [4.78, 5) is 14.3. The first kappa shape index (κ1) is 18.4. The van der Waals surface area contributed by atoms with Gasteiger partial charge in [0, 0.05) is 11.6 Å². The Bertz CT molecular complexity index is 805. The summed E-state index contributed by atoms with van der Waals surface area (Å²) in [5.74, 6) is -1.34. The van der Waals surface area contributed by atoms with E-state index in [2.05, 4.69) is 0 Å². The molecule has 4 nitrogen and oxygen atoms in total. The van der Waals surface area contributed by atoms with Crippen molar-refractivity contribution in [2.24, 2.45) is 0 Å². The molecule has 2 bridgehead atoms. The molecule has 0 aliphatic carbocycles. The average molecular weight is 360 g/mol. The topological polar surface area (TPSA) is 53.3 Å². The van der Waals surface area contributed by atoms with Crippen molar-refractivity contribution in [3.8, 4) is 6.07 Å². The first-order valence-electron chi connectivity index (χ1n) is 8.81. The predicted molar refractivity (Wildman–Crippen MR) is 93.2 cm³/mol. The van der Waals surface area contributed by atoms with Gasteiger partial charge in [0.05, 0.1) is 11.6 Å². The van der Waals surface area contributed by atoms with E-state index in [-0.39, 0.29) is 29.3 Å². The van der Waals surface area contributed by atoms with Gasteiger partial charge in [0.15, 0.2) is 0 Å². The summed E-state index contributed by atoms with van der Waals surface area (Å²) in [5.41, 5.74) is -0.0431. The van der Waals surface area contributed by atoms with E-state index in [1.165, 1.54) is 0 Å². The number of nitrogens with zero attached hydrogens (tertiary/aromatic N) is 2. The lowest BCUT2D eigenvalue weighted by Crippen LogP contribution is -2.53. The van der Waals surface area contributed by atoms with Crippen LogP contribution in [0.2, 0.25) is 0 Å². The van der Waals surface area contributed by atoms with Crippen molar-refractivity contribution >= 4 is 11.7 Å². The van der Waals surface area contributed by atoms with Gasteiger partial charge in [-0.1, -0.05) is 6.08 Å². The van der Waals surface area contributed by atoms with Gasteiger partial charge in [0.1, 0.15) is 23.3 Å². The standard InChI is InChI=1S/C20H22F2N2O2/c1-20(2,3)26-19(25)24-14-5-4-6-15(24)8-12(7-14)16-10-17(21)13(11-23)9-18(16)22/h7,9-10,14-15H,4-6,8H2,1-3H3. The monoisotopic (exact) mass is 360 g/mol. The van der Waals surface area contributed by atoms with E-state index >= 15 is 0 Å². The van der Waals surface area contributed by atoms with Gasteiger partial charge in [-0.25, -0.2) is 13.6 Å². The second kappa shape index (κ2) is 6.71. The SMILES string of the molecule is CC(C)(C)OC(=O)N1C2C=C(c3cc(F)c(C#N)cc3F)CC1CCC2.